The van der Waals surface area contributed by atoms with Crippen LogP contribution in [0.2, 0.25) is 0 Å². The average molecular weight is 376 g/mol. The normalized spacial score (nSPS) is 11.1. The van der Waals surface area contributed by atoms with Gasteiger partial charge in [-0.05, 0) is 48.7 Å². The molecule has 0 saturated carbocycles. The van der Waals surface area contributed by atoms with E-state index in [9.17, 15) is 13.2 Å². The van der Waals surface area contributed by atoms with Crippen molar-refractivity contribution in [2.24, 2.45) is 0 Å². The van der Waals surface area contributed by atoms with Crippen molar-refractivity contribution in [3.63, 3.8) is 0 Å². The molecule has 7 heteroatoms. The molecular formula is C19H24N2O4S. The second-order valence-electron chi connectivity index (χ2n) is 5.98. The Balaban J connectivity index is 2.25. The second-order valence-corrected chi connectivity index (χ2v) is 7.89. The number of benzene rings is 2. The highest BCUT2D eigenvalue weighted by molar-refractivity contribution is 7.92. The Kier molecular flexibility index (Phi) is 6.26. The minimum atomic E-state index is -3.62. The molecule has 1 N–H and O–H groups in total. The van der Waals surface area contributed by atoms with E-state index in [1.165, 1.54) is 7.11 Å². The van der Waals surface area contributed by atoms with Gasteiger partial charge in [-0.3, -0.25) is 9.10 Å². The Bertz CT molecular complexity index is 877. The van der Waals surface area contributed by atoms with Crippen LogP contribution in [0.5, 0.6) is 5.75 Å². The first-order chi connectivity index (χ1) is 12.3. The maximum atomic E-state index is 12.5. The molecule has 0 aromatic heterocycles. The quantitative estimate of drug-likeness (QED) is 0.806. The topological polar surface area (TPSA) is 75.7 Å². The van der Waals surface area contributed by atoms with E-state index in [1.807, 2.05) is 32.0 Å². The Hall–Kier alpha value is -2.54. The van der Waals surface area contributed by atoms with Crippen LogP contribution in [0.3, 0.4) is 0 Å². The van der Waals surface area contributed by atoms with Gasteiger partial charge in [0.05, 0.1) is 19.1 Å². The molecule has 0 spiro atoms. The number of nitrogens with zero attached hydrogens (tertiary/aromatic N) is 1. The van der Waals surface area contributed by atoms with Crippen LogP contribution in [0.25, 0.3) is 0 Å². The first-order valence-electron chi connectivity index (χ1n) is 8.26. The number of amides is 1. The molecule has 0 unspecified atom stereocenters. The van der Waals surface area contributed by atoms with Crippen molar-refractivity contribution in [2.75, 3.05) is 29.5 Å². The van der Waals surface area contributed by atoms with Crippen molar-refractivity contribution >= 4 is 27.3 Å². The van der Waals surface area contributed by atoms with Gasteiger partial charge in [0.1, 0.15) is 12.3 Å². The van der Waals surface area contributed by atoms with E-state index in [4.69, 9.17) is 4.74 Å². The third-order valence-corrected chi connectivity index (χ3v) is 5.19. The molecule has 26 heavy (non-hydrogen) atoms. The monoisotopic (exact) mass is 376 g/mol. The molecule has 0 aliphatic carbocycles. The van der Waals surface area contributed by atoms with Gasteiger partial charge in [-0.1, -0.05) is 25.1 Å². The molecule has 0 heterocycles. The van der Waals surface area contributed by atoms with Gasteiger partial charge in [-0.2, -0.15) is 0 Å². The number of para-hydroxylation sites is 1. The number of hydrogen-bond acceptors (Lipinski definition) is 4. The van der Waals surface area contributed by atoms with Crippen molar-refractivity contribution in [3.8, 4) is 5.75 Å². The molecule has 0 saturated heterocycles. The molecule has 0 aliphatic rings. The molecule has 0 aliphatic heterocycles. The second kappa shape index (κ2) is 8.23. The van der Waals surface area contributed by atoms with Gasteiger partial charge in [0.15, 0.2) is 0 Å². The molecule has 1 amide bonds. The summed E-state index contributed by atoms with van der Waals surface area (Å²) in [6.07, 6.45) is 1.85. The van der Waals surface area contributed by atoms with E-state index in [1.54, 1.807) is 24.3 Å². The number of hydrogen-bond donors (Lipinski definition) is 1. The molecule has 0 bridgehead atoms. The first kappa shape index (κ1) is 19.8. The Morgan fingerprint density at radius 1 is 1.15 bits per heavy atom. The van der Waals surface area contributed by atoms with Gasteiger partial charge in [0.2, 0.25) is 15.9 Å². The summed E-state index contributed by atoms with van der Waals surface area (Å²) in [4.78, 5) is 12.5. The number of nitrogens with one attached hydrogen (secondary N) is 1. The maximum absolute atomic E-state index is 12.5. The zero-order chi connectivity index (χ0) is 19.3. The molecule has 0 fully saturated rings. The van der Waals surface area contributed by atoms with E-state index in [2.05, 4.69) is 5.32 Å². The molecular weight excluding hydrogens is 352 g/mol. The van der Waals surface area contributed by atoms with Crippen LogP contribution in [-0.2, 0) is 21.2 Å². The fourth-order valence-corrected chi connectivity index (χ4v) is 3.52. The summed E-state index contributed by atoms with van der Waals surface area (Å²) in [6, 6.07) is 12.3. The van der Waals surface area contributed by atoms with Crippen molar-refractivity contribution < 1.29 is 17.9 Å². The van der Waals surface area contributed by atoms with Crippen molar-refractivity contribution in [3.05, 3.63) is 53.6 Å². The lowest BCUT2D eigenvalue weighted by Crippen LogP contribution is -2.37. The lowest BCUT2D eigenvalue weighted by molar-refractivity contribution is -0.114. The molecule has 6 nitrogen and oxygen atoms in total. The molecule has 2 aromatic rings. The zero-order valence-electron chi connectivity index (χ0n) is 15.4. The zero-order valence-corrected chi connectivity index (χ0v) is 16.3. The number of rotatable bonds is 7. The molecule has 0 radical (unpaired) electrons. The van der Waals surface area contributed by atoms with E-state index < -0.39 is 15.9 Å². The first-order valence-corrected chi connectivity index (χ1v) is 10.1. The third kappa shape index (κ3) is 4.76. The Labute approximate surface area is 154 Å². The lowest BCUT2D eigenvalue weighted by Gasteiger charge is -2.22. The van der Waals surface area contributed by atoms with Crippen LogP contribution in [0.1, 0.15) is 18.1 Å². The summed E-state index contributed by atoms with van der Waals surface area (Å²) >= 11 is 0. The number of carbonyl (C=O) groups excluding carboxylic acids is 1. The van der Waals surface area contributed by atoms with Crippen LogP contribution in [-0.4, -0.2) is 34.2 Å². The van der Waals surface area contributed by atoms with Crippen LogP contribution in [0.4, 0.5) is 11.4 Å². The van der Waals surface area contributed by atoms with Gasteiger partial charge in [0.25, 0.3) is 0 Å². The summed E-state index contributed by atoms with van der Waals surface area (Å²) < 4.78 is 30.5. The van der Waals surface area contributed by atoms with Crippen LogP contribution in [0.15, 0.2) is 42.5 Å². The number of carbonyl (C=O) groups is 1. The van der Waals surface area contributed by atoms with E-state index in [-0.39, 0.29) is 6.54 Å². The van der Waals surface area contributed by atoms with Crippen molar-refractivity contribution in [1.29, 1.82) is 0 Å². The van der Waals surface area contributed by atoms with Crippen LogP contribution < -0.4 is 14.4 Å². The molecule has 2 aromatic carbocycles. The third-order valence-electron chi connectivity index (χ3n) is 4.05. The predicted octanol–water partition coefficient (Wildman–Crippen LogP) is 2.97. The van der Waals surface area contributed by atoms with Gasteiger partial charge in [0, 0.05) is 5.69 Å². The largest absolute Gasteiger partial charge is 0.497 e. The van der Waals surface area contributed by atoms with E-state index in [0.717, 1.165) is 33.8 Å². The summed E-state index contributed by atoms with van der Waals surface area (Å²) in [5.74, 6) is 0.217. The number of methoxy groups -OCH3 is 1. The number of aryl methyl sites for hydroxylation is 2. The van der Waals surface area contributed by atoms with Gasteiger partial charge in [-0.25, -0.2) is 8.42 Å². The SMILES string of the molecule is CCc1cccc(C)c1NC(=O)CN(c1ccc(OC)cc1)S(C)(=O)=O. The highest BCUT2D eigenvalue weighted by Gasteiger charge is 2.21. The van der Waals surface area contributed by atoms with Gasteiger partial charge in [-0.15, -0.1) is 0 Å². The summed E-state index contributed by atoms with van der Waals surface area (Å²) in [5, 5.41) is 2.85. The fraction of sp³-hybridized carbons (Fsp3) is 0.316. The number of sulfonamides is 1. The number of anilines is 2. The fourth-order valence-electron chi connectivity index (χ4n) is 2.66. The van der Waals surface area contributed by atoms with E-state index >= 15 is 0 Å². The molecule has 0 atom stereocenters. The predicted molar refractivity (Wildman–Crippen MR) is 104 cm³/mol. The summed E-state index contributed by atoms with van der Waals surface area (Å²) in [7, 11) is -2.09. The highest BCUT2D eigenvalue weighted by atomic mass is 32.2. The maximum Gasteiger partial charge on any atom is 0.245 e. The average Bonchev–Trinajstić information content (AvgIpc) is 2.60. The van der Waals surface area contributed by atoms with Crippen LogP contribution >= 0.6 is 0 Å². The van der Waals surface area contributed by atoms with E-state index in [0.29, 0.717) is 11.4 Å². The Morgan fingerprint density at radius 2 is 1.81 bits per heavy atom. The van der Waals surface area contributed by atoms with Crippen molar-refractivity contribution in [1.82, 2.24) is 0 Å². The molecule has 140 valence electrons. The van der Waals surface area contributed by atoms with Crippen LogP contribution in [0, 0.1) is 6.92 Å². The lowest BCUT2D eigenvalue weighted by atomic mass is 10.1. The summed E-state index contributed by atoms with van der Waals surface area (Å²) in [6.45, 7) is 3.61. The minimum absolute atomic E-state index is 0.303. The number of ether oxygens (including phenoxy) is 1. The highest BCUT2D eigenvalue weighted by Crippen LogP contribution is 2.23. The summed E-state index contributed by atoms with van der Waals surface area (Å²) in [5.41, 5.74) is 3.09. The minimum Gasteiger partial charge on any atom is -0.497 e. The van der Waals surface area contributed by atoms with Gasteiger partial charge >= 0.3 is 0 Å². The van der Waals surface area contributed by atoms with Gasteiger partial charge < -0.3 is 10.1 Å². The Morgan fingerprint density at radius 3 is 2.35 bits per heavy atom. The molecule has 2 rings (SSSR count). The van der Waals surface area contributed by atoms with Crippen molar-refractivity contribution in [2.45, 2.75) is 20.3 Å². The standard InChI is InChI=1S/C19H24N2O4S/c1-5-15-8-6-7-14(2)19(15)20-18(22)13-21(26(4,23)24)16-9-11-17(25-3)12-10-16/h6-12H,5,13H2,1-4H3,(H,20,22). The smallest absolute Gasteiger partial charge is 0.245 e.